The van der Waals surface area contributed by atoms with Gasteiger partial charge in [-0.2, -0.15) is 4.98 Å². The fourth-order valence-corrected chi connectivity index (χ4v) is 7.01. The molecule has 0 amide bonds. The van der Waals surface area contributed by atoms with Crippen LogP contribution in [0.2, 0.25) is 0 Å². The molecular formula is C22H34ClN3O. The van der Waals surface area contributed by atoms with Gasteiger partial charge in [-0.05, 0) is 76.7 Å². The standard InChI is InChI=1S/C22H34ClN3O/c1-26-17-11-12-19(26)20(18(13-17)14-7-9-16(23)10-8-14)22-24-21(25-27-22)15-5-3-2-4-6-15/h14-20H,2-13H2,1H3/t14?,16?,17-,18-,19?,20?/m1/s1. The summed E-state index contributed by atoms with van der Waals surface area (Å²) < 4.78 is 5.98. The molecule has 0 spiro atoms. The molecule has 1 aromatic rings. The second-order valence-corrected chi connectivity index (χ2v) is 10.3. The van der Waals surface area contributed by atoms with Gasteiger partial charge in [-0.25, -0.2) is 0 Å². The predicted molar refractivity (Wildman–Crippen MR) is 107 cm³/mol. The third kappa shape index (κ3) is 3.46. The van der Waals surface area contributed by atoms with Crippen molar-refractivity contribution in [1.29, 1.82) is 0 Å². The average molecular weight is 392 g/mol. The maximum atomic E-state index is 6.41. The van der Waals surface area contributed by atoms with Crippen molar-refractivity contribution in [3.05, 3.63) is 11.7 Å². The Balaban J connectivity index is 1.41. The zero-order valence-electron chi connectivity index (χ0n) is 16.7. The Bertz CT molecular complexity index is 635. The second-order valence-electron chi connectivity index (χ2n) is 9.73. The summed E-state index contributed by atoms with van der Waals surface area (Å²) in [6, 6.07) is 1.34. The molecule has 2 bridgehead atoms. The molecular weight excluding hydrogens is 358 g/mol. The van der Waals surface area contributed by atoms with Gasteiger partial charge in [0.15, 0.2) is 5.82 Å². The highest BCUT2D eigenvalue weighted by Crippen LogP contribution is 2.51. The monoisotopic (exact) mass is 391 g/mol. The quantitative estimate of drug-likeness (QED) is 0.639. The van der Waals surface area contributed by atoms with Crippen molar-refractivity contribution in [3.8, 4) is 0 Å². The van der Waals surface area contributed by atoms with E-state index in [1.165, 1.54) is 77.0 Å². The van der Waals surface area contributed by atoms with Crippen LogP contribution in [0.1, 0.15) is 101 Å². The van der Waals surface area contributed by atoms with Crippen LogP contribution in [0.5, 0.6) is 0 Å². The normalized spacial score (nSPS) is 41.1. The van der Waals surface area contributed by atoms with Crippen LogP contribution in [0, 0.1) is 11.8 Å². The number of aromatic nitrogens is 2. The first kappa shape index (κ1) is 18.4. The first-order valence-electron chi connectivity index (χ1n) is 11.4. The van der Waals surface area contributed by atoms with E-state index in [0.29, 0.717) is 29.2 Å². The number of hydrogen-bond acceptors (Lipinski definition) is 4. The minimum absolute atomic E-state index is 0.393. The molecule has 0 radical (unpaired) electrons. The minimum Gasteiger partial charge on any atom is -0.339 e. The Morgan fingerprint density at radius 3 is 2.52 bits per heavy atom. The van der Waals surface area contributed by atoms with Crippen LogP contribution in [0.3, 0.4) is 0 Å². The van der Waals surface area contributed by atoms with Crippen molar-refractivity contribution < 1.29 is 4.52 Å². The molecule has 2 aliphatic heterocycles. The lowest BCUT2D eigenvalue weighted by molar-refractivity contribution is 0.0497. The van der Waals surface area contributed by atoms with E-state index in [1.807, 2.05) is 0 Å². The summed E-state index contributed by atoms with van der Waals surface area (Å²) in [5.41, 5.74) is 0. The molecule has 150 valence electrons. The van der Waals surface area contributed by atoms with Gasteiger partial charge in [-0.1, -0.05) is 24.4 Å². The fraction of sp³-hybridized carbons (Fsp3) is 0.909. The van der Waals surface area contributed by atoms with Gasteiger partial charge < -0.3 is 4.52 Å². The van der Waals surface area contributed by atoms with E-state index in [-0.39, 0.29) is 0 Å². The van der Waals surface area contributed by atoms with Gasteiger partial charge in [0.1, 0.15) is 0 Å². The summed E-state index contributed by atoms with van der Waals surface area (Å²) in [5.74, 6) is 4.38. The van der Waals surface area contributed by atoms with Gasteiger partial charge >= 0.3 is 0 Å². The lowest BCUT2D eigenvalue weighted by Crippen LogP contribution is -2.47. The van der Waals surface area contributed by atoms with Gasteiger partial charge in [0.05, 0.1) is 5.92 Å². The maximum absolute atomic E-state index is 6.41. The van der Waals surface area contributed by atoms with Crippen molar-refractivity contribution in [3.63, 3.8) is 0 Å². The first-order valence-corrected chi connectivity index (χ1v) is 11.8. The minimum atomic E-state index is 0.393. The van der Waals surface area contributed by atoms with Crippen molar-refractivity contribution in [1.82, 2.24) is 15.0 Å². The molecule has 4 nitrogen and oxygen atoms in total. The summed E-state index contributed by atoms with van der Waals surface area (Å²) in [6.07, 6.45) is 15.3. The SMILES string of the molecule is CN1C2CC[C@@H]1C[C@H](C1CCC(Cl)CC1)C2c1nc(C2CCCCC2)no1. The van der Waals surface area contributed by atoms with Crippen molar-refractivity contribution >= 4 is 11.6 Å². The largest absolute Gasteiger partial charge is 0.339 e. The summed E-state index contributed by atoms with van der Waals surface area (Å²) in [5, 5.41) is 4.88. The van der Waals surface area contributed by atoms with Gasteiger partial charge in [-0.15, -0.1) is 11.6 Å². The molecule has 2 unspecified atom stereocenters. The Morgan fingerprint density at radius 2 is 1.74 bits per heavy atom. The molecule has 0 aromatic carbocycles. The summed E-state index contributed by atoms with van der Waals surface area (Å²) in [4.78, 5) is 7.66. The summed E-state index contributed by atoms with van der Waals surface area (Å²) >= 11 is 6.41. The summed E-state index contributed by atoms with van der Waals surface area (Å²) in [7, 11) is 2.32. The smallest absolute Gasteiger partial charge is 0.231 e. The van der Waals surface area contributed by atoms with E-state index >= 15 is 0 Å². The van der Waals surface area contributed by atoms with Crippen LogP contribution in [-0.4, -0.2) is 39.5 Å². The molecule has 4 atom stereocenters. The van der Waals surface area contributed by atoms with Crippen molar-refractivity contribution in [2.24, 2.45) is 11.8 Å². The van der Waals surface area contributed by atoms with Gasteiger partial charge in [0.2, 0.25) is 5.89 Å². The zero-order chi connectivity index (χ0) is 18.4. The number of rotatable bonds is 3. The molecule has 2 saturated carbocycles. The molecule has 5 heteroatoms. The van der Waals surface area contributed by atoms with Crippen LogP contribution in [-0.2, 0) is 0 Å². The molecule has 4 aliphatic rings. The first-order chi connectivity index (χ1) is 13.2. The topological polar surface area (TPSA) is 42.2 Å². The summed E-state index contributed by atoms with van der Waals surface area (Å²) in [6.45, 7) is 0. The van der Waals surface area contributed by atoms with Gasteiger partial charge in [0.25, 0.3) is 0 Å². The average Bonchev–Trinajstić information content (AvgIpc) is 3.26. The number of alkyl halides is 1. The number of halogens is 1. The lowest BCUT2D eigenvalue weighted by Gasteiger charge is -2.45. The number of piperidine rings is 1. The lowest BCUT2D eigenvalue weighted by atomic mass is 9.68. The molecule has 27 heavy (non-hydrogen) atoms. The van der Waals surface area contributed by atoms with Crippen LogP contribution in [0.4, 0.5) is 0 Å². The van der Waals surface area contributed by atoms with Crippen LogP contribution >= 0.6 is 11.6 Å². The molecule has 0 N–H and O–H groups in total. The van der Waals surface area contributed by atoms with Gasteiger partial charge in [-0.3, -0.25) is 4.90 Å². The fourth-order valence-electron chi connectivity index (χ4n) is 6.75. The Morgan fingerprint density at radius 1 is 0.963 bits per heavy atom. The highest BCUT2D eigenvalue weighted by molar-refractivity contribution is 6.20. The van der Waals surface area contributed by atoms with E-state index in [1.54, 1.807) is 0 Å². The van der Waals surface area contributed by atoms with Crippen LogP contribution < -0.4 is 0 Å². The zero-order valence-corrected chi connectivity index (χ0v) is 17.4. The van der Waals surface area contributed by atoms with Crippen molar-refractivity contribution in [2.75, 3.05) is 7.05 Å². The van der Waals surface area contributed by atoms with E-state index in [9.17, 15) is 0 Å². The third-order valence-corrected chi connectivity index (χ3v) is 8.77. The highest BCUT2D eigenvalue weighted by Gasteiger charge is 2.50. The van der Waals surface area contributed by atoms with Crippen LogP contribution in [0.25, 0.3) is 0 Å². The Labute approximate surface area is 168 Å². The molecule has 4 fully saturated rings. The molecule has 2 saturated heterocycles. The predicted octanol–water partition coefficient (Wildman–Crippen LogP) is 5.48. The second kappa shape index (κ2) is 7.67. The van der Waals surface area contributed by atoms with E-state index in [2.05, 4.69) is 17.1 Å². The van der Waals surface area contributed by atoms with Crippen molar-refractivity contribution in [2.45, 2.75) is 106 Å². The van der Waals surface area contributed by atoms with E-state index < -0.39 is 0 Å². The number of likely N-dealkylation sites (N-methyl/N-ethyl adjacent to an activating group) is 1. The number of nitrogens with zero attached hydrogens (tertiary/aromatic N) is 3. The third-order valence-electron chi connectivity index (χ3n) is 8.33. The van der Waals surface area contributed by atoms with Crippen LogP contribution in [0.15, 0.2) is 4.52 Å². The maximum Gasteiger partial charge on any atom is 0.231 e. The molecule has 5 rings (SSSR count). The molecule has 3 heterocycles. The highest BCUT2D eigenvalue weighted by atomic mass is 35.5. The van der Waals surface area contributed by atoms with Gasteiger partial charge in [0, 0.05) is 23.4 Å². The van der Waals surface area contributed by atoms with E-state index in [4.69, 9.17) is 21.1 Å². The number of hydrogen-bond donors (Lipinski definition) is 0. The Hall–Kier alpha value is -0.610. The molecule has 2 aliphatic carbocycles. The number of fused-ring (bicyclic) bond motifs is 2. The molecule has 1 aromatic heterocycles. The van der Waals surface area contributed by atoms with E-state index in [0.717, 1.165) is 23.7 Å². The Kier molecular flexibility index (Phi) is 5.23.